The predicted molar refractivity (Wildman–Crippen MR) is 70.1 cm³/mol. The molecule has 0 aliphatic heterocycles. The van der Waals surface area contributed by atoms with E-state index >= 15 is 0 Å². The van der Waals surface area contributed by atoms with Gasteiger partial charge < -0.3 is 10.6 Å². The summed E-state index contributed by atoms with van der Waals surface area (Å²) in [6.07, 6.45) is 2.30. The van der Waals surface area contributed by atoms with Crippen LogP contribution < -0.4 is 10.6 Å². The lowest BCUT2D eigenvalue weighted by molar-refractivity contribution is 0.0945. The van der Waals surface area contributed by atoms with Crippen molar-refractivity contribution in [3.8, 4) is 0 Å². The SMILES string of the molecule is CCCNc1nccc(C(=O)NCC(C)C)c1F. The first-order valence-corrected chi connectivity index (χ1v) is 6.22. The second-order valence-electron chi connectivity index (χ2n) is 4.55. The number of carbonyl (C=O) groups excluding carboxylic acids is 1. The van der Waals surface area contributed by atoms with Gasteiger partial charge in [-0.1, -0.05) is 20.8 Å². The van der Waals surface area contributed by atoms with Crippen molar-refractivity contribution in [3.63, 3.8) is 0 Å². The van der Waals surface area contributed by atoms with E-state index in [0.717, 1.165) is 6.42 Å². The Bertz CT molecular complexity index is 407. The van der Waals surface area contributed by atoms with Crippen LogP contribution in [0.25, 0.3) is 0 Å². The van der Waals surface area contributed by atoms with Crippen molar-refractivity contribution < 1.29 is 9.18 Å². The van der Waals surface area contributed by atoms with Crippen LogP contribution in [0.1, 0.15) is 37.6 Å². The van der Waals surface area contributed by atoms with Gasteiger partial charge >= 0.3 is 0 Å². The molecular weight excluding hydrogens is 233 g/mol. The second kappa shape index (κ2) is 6.93. The molecule has 1 heterocycles. The third-order valence-electron chi connectivity index (χ3n) is 2.35. The summed E-state index contributed by atoms with van der Waals surface area (Å²) in [5.41, 5.74) is 0.0317. The van der Waals surface area contributed by atoms with E-state index in [1.807, 2.05) is 20.8 Å². The molecule has 0 aromatic carbocycles. The summed E-state index contributed by atoms with van der Waals surface area (Å²) >= 11 is 0. The summed E-state index contributed by atoms with van der Waals surface area (Å²) < 4.78 is 14.0. The molecule has 0 spiro atoms. The largest absolute Gasteiger partial charge is 0.368 e. The van der Waals surface area contributed by atoms with Gasteiger partial charge in [0, 0.05) is 19.3 Å². The van der Waals surface area contributed by atoms with Gasteiger partial charge in [-0.25, -0.2) is 9.37 Å². The van der Waals surface area contributed by atoms with Gasteiger partial charge in [0.25, 0.3) is 5.91 Å². The number of anilines is 1. The topological polar surface area (TPSA) is 54.0 Å². The summed E-state index contributed by atoms with van der Waals surface area (Å²) in [7, 11) is 0. The third kappa shape index (κ3) is 3.98. The number of amides is 1. The summed E-state index contributed by atoms with van der Waals surface area (Å²) in [5, 5.41) is 5.54. The number of hydrogen-bond acceptors (Lipinski definition) is 3. The van der Waals surface area contributed by atoms with E-state index in [2.05, 4.69) is 15.6 Å². The minimum atomic E-state index is -0.591. The molecule has 0 fully saturated rings. The van der Waals surface area contributed by atoms with E-state index in [9.17, 15) is 9.18 Å². The molecule has 1 rings (SSSR count). The maximum absolute atomic E-state index is 14.0. The lowest BCUT2D eigenvalue weighted by Crippen LogP contribution is -2.28. The molecule has 1 aromatic rings. The average Bonchev–Trinajstić information content (AvgIpc) is 2.34. The molecule has 0 saturated carbocycles. The maximum Gasteiger partial charge on any atom is 0.254 e. The normalized spacial score (nSPS) is 10.5. The van der Waals surface area contributed by atoms with Gasteiger partial charge in [0.1, 0.15) is 0 Å². The van der Waals surface area contributed by atoms with E-state index in [-0.39, 0.29) is 11.4 Å². The maximum atomic E-state index is 14.0. The Kier molecular flexibility index (Phi) is 5.55. The highest BCUT2D eigenvalue weighted by atomic mass is 19.1. The molecule has 0 bridgehead atoms. The van der Waals surface area contributed by atoms with E-state index in [1.165, 1.54) is 12.3 Å². The van der Waals surface area contributed by atoms with Crippen molar-refractivity contribution in [2.75, 3.05) is 18.4 Å². The van der Waals surface area contributed by atoms with Crippen molar-refractivity contribution >= 4 is 11.7 Å². The van der Waals surface area contributed by atoms with Crippen molar-refractivity contribution in [1.29, 1.82) is 0 Å². The number of rotatable bonds is 6. The van der Waals surface area contributed by atoms with E-state index in [1.54, 1.807) is 0 Å². The predicted octanol–water partition coefficient (Wildman–Crippen LogP) is 2.43. The molecule has 0 aliphatic rings. The van der Waals surface area contributed by atoms with Crippen LogP contribution in [0, 0.1) is 11.7 Å². The number of hydrogen-bond donors (Lipinski definition) is 2. The van der Waals surface area contributed by atoms with Crippen LogP contribution >= 0.6 is 0 Å². The second-order valence-corrected chi connectivity index (χ2v) is 4.55. The first kappa shape index (κ1) is 14.4. The zero-order valence-corrected chi connectivity index (χ0v) is 11.1. The average molecular weight is 253 g/mol. The minimum absolute atomic E-state index is 0.0317. The summed E-state index contributed by atoms with van der Waals surface area (Å²) in [6.45, 7) is 7.10. The fraction of sp³-hybridized carbons (Fsp3) is 0.538. The summed E-state index contributed by atoms with van der Waals surface area (Å²) in [6, 6.07) is 1.39. The number of halogens is 1. The Balaban J connectivity index is 2.79. The van der Waals surface area contributed by atoms with Crippen LogP contribution in [0.4, 0.5) is 10.2 Å². The van der Waals surface area contributed by atoms with Crippen molar-refractivity contribution in [2.45, 2.75) is 27.2 Å². The molecule has 0 atom stereocenters. The molecule has 0 unspecified atom stereocenters. The molecule has 5 heteroatoms. The summed E-state index contributed by atoms with van der Waals surface area (Å²) in [4.78, 5) is 15.7. The molecule has 0 saturated heterocycles. The lowest BCUT2D eigenvalue weighted by atomic mass is 10.2. The van der Waals surface area contributed by atoms with Gasteiger partial charge in [-0.2, -0.15) is 0 Å². The van der Waals surface area contributed by atoms with Gasteiger partial charge in [0.15, 0.2) is 11.6 Å². The first-order valence-electron chi connectivity index (χ1n) is 6.22. The lowest BCUT2D eigenvalue weighted by Gasteiger charge is -2.10. The minimum Gasteiger partial charge on any atom is -0.368 e. The Morgan fingerprint density at radius 3 is 2.83 bits per heavy atom. The van der Waals surface area contributed by atoms with Gasteiger partial charge in [0.2, 0.25) is 0 Å². The van der Waals surface area contributed by atoms with Crippen LogP contribution in [-0.2, 0) is 0 Å². The van der Waals surface area contributed by atoms with E-state index < -0.39 is 11.7 Å². The number of nitrogens with one attached hydrogen (secondary N) is 2. The zero-order chi connectivity index (χ0) is 13.5. The first-order chi connectivity index (χ1) is 8.56. The highest BCUT2D eigenvalue weighted by Crippen LogP contribution is 2.15. The smallest absolute Gasteiger partial charge is 0.254 e. The van der Waals surface area contributed by atoms with Gasteiger partial charge in [-0.15, -0.1) is 0 Å². The number of pyridine rings is 1. The van der Waals surface area contributed by atoms with Crippen molar-refractivity contribution in [1.82, 2.24) is 10.3 Å². The van der Waals surface area contributed by atoms with Crippen LogP contribution in [-0.4, -0.2) is 24.0 Å². The fourth-order valence-corrected chi connectivity index (χ4v) is 1.38. The Hall–Kier alpha value is -1.65. The van der Waals surface area contributed by atoms with Crippen LogP contribution in [0.3, 0.4) is 0 Å². The molecule has 2 N–H and O–H groups in total. The van der Waals surface area contributed by atoms with Crippen LogP contribution in [0.2, 0.25) is 0 Å². The Morgan fingerprint density at radius 1 is 1.50 bits per heavy atom. The molecule has 4 nitrogen and oxygen atoms in total. The van der Waals surface area contributed by atoms with Gasteiger partial charge in [0.05, 0.1) is 5.56 Å². The highest BCUT2D eigenvalue weighted by molar-refractivity contribution is 5.95. The van der Waals surface area contributed by atoms with Crippen LogP contribution in [0.5, 0.6) is 0 Å². The molecule has 18 heavy (non-hydrogen) atoms. The van der Waals surface area contributed by atoms with Crippen molar-refractivity contribution in [2.24, 2.45) is 5.92 Å². The number of nitrogens with zero attached hydrogens (tertiary/aromatic N) is 1. The molecule has 100 valence electrons. The monoisotopic (exact) mass is 253 g/mol. The Labute approximate surface area is 107 Å². The number of aromatic nitrogens is 1. The van der Waals surface area contributed by atoms with Gasteiger partial charge in [-0.3, -0.25) is 4.79 Å². The molecule has 1 aromatic heterocycles. The Morgan fingerprint density at radius 2 is 2.22 bits per heavy atom. The van der Waals surface area contributed by atoms with E-state index in [0.29, 0.717) is 19.0 Å². The molecule has 1 amide bonds. The van der Waals surface area contributed by atoms with Gasteiger partial charge in [-0.05, 0) is 18.4 Å². The standard InChI is InChI=1S/C13H20FN3O/c1-4-6-15-12-11(14)10(5-7-16-12)13(18)17-8-9(2)3/h5,7,9H,4,6,8H2,1-3H3,(H,15,16)(H,17,18). The van der Waals surface area contributed by atoms with Crippen LogP contribution in [0.15, 0.2) is 12.3 Å². The number of carbonyl (C=O) groups is 1. The third-order valence-corrected chi connectivity index (χ3v) is 2.35. The zero-order valence-electron chi connectivity index (χ0n) is 11.1. The van der Waals surface area contributed by atoms with Crippen molar-refractivity contribution in [3.05, 3.63) is 23.6 Å². The molecule has 0 aliphatic carbocycles. The summed E-state index contributed by atoms with van der Waals surface area (Å²) in [5.74, 6) is -0.527. The highest BCUT2D eigenvalue weighted by Gasteiger charge is 2.15. The molecular formula is C13H20FN3O. The fourth-order valence-electron chi connectivity index (χ4n) is 1.38. The quantitative estimate of drug-likeness (QED) is 0.818. The molecule has 0 radical (unpaired) electrons. The van der Waals surface area contributed by atoms with E-state index in [4.69, 9.17) is 0 Å².